The van der Waals surface area contributed by atoms with Crippen LogP contribution in [0, 0.1) is 10.8 Å². The van der Waals surface area contributed by atoms with Gasteiger partial charge in [-0.05, 0) is 85.7 Å². The number of carbonyl (C=O) groups is 2. The molecule has 0 aliphatic rings. The summed E-state index contributed by atoms with van der Waals surface area (Å²) in [6.45, 7) is 16.9. The highest BCUT2D eigenvalue weighted by molar-refractivity contribution is 5.76. The van der Waals surface area contributed by atoms with Gasteiger partial charge in [-0.25, -0.2) is 0 Å². The zero-order valence-corrected chi connectivity index (χ0v) is 32.4. The predicted molar refractivity (Wildman–Crippen MR) is 200 cm³/mol. The van der Waals surface area contributed by atoms with Gasteiger partial charge < -0.3 is 19.5 Å². The van der Waals surface area contributed by atoms with Crippen molar-refractivity contribution < 1.29 is 24.2 Å². The van der Waals surface area contributed by atoms with Crippen LogP contribution in [0.25, 0.3) is 0 Å². The SMILES string of the molecule is CCCCCCCCCCCOC(=O)C(C)(C)CCCCN(CCCO)CCCCCCC(C)(C)C(=O)OCCCCCCCCC. The maximum absolute atomic E-state index is 12.7. The molecule has 0 saturated heterocycles. The molecule has 0 fully saturated rings. The first-order valence-electron chi connectivity index (χ1n) is 20.3. The lowest BCUT2D eigenvalue weighted by atomic mass is 9.87. The maximum atomic E-state index is 12.7. The van der Waals surface area contributed by atoms with Crippen LogP contribution in [-0.2, 0) is 19.1 Å². The minimum atomic E-state index is -0.441. The number of unbranched alkanes of at least 4 members (excludes halogenated alkanes) is 18. The molecule has 1 N–H and O–H groups in total. The van der Waals surface area contributed by atoms with E-state index in [9.17, 15) is 14.7 Å². The molecular weight excluding hydrogens is 586 g/mol. The Labute approximate surface area is 292 Å². The molecule has 0 aromatic carbocycles. The summed E-state index contributed by atoms with van der Waals surface area (Å²) in [6, 6.07) is 0. The minimum Gasteiger partial charge on any atom is -0.465 e. The van der Waals surface area contributed by atoms with Crippen LogP contribution in [0.3, 0.4) is 0 Å². The molecule has 0 aromatic heterocycles. The highest BCUT2D eigenvalue weighted by atomic mass is 16.5. The second-order valence-electron chi connectivity index (χ2n) is 15.5. The van der Waals surface area contributed by atoms with E-state index in [1.54, 1.807) is 0 Å². The van der Waals surface area contributed by atoms with Crippen molar-refractivity contribution in [1.82, 2.24) is 4.90 Å². The van der Waals surface area contributed by atoms with Gasteiger partial charge in [-0.3, -0.25) is 9.59 Å². The quantitative estimate of drug-likeness (QED) is 0.0535. The third-order valence-corrected chi connectivity index (χ3v) is 9.75. The summed E-state index contributed by atoms with van der Waals surface area (Å²) in [4.78, 5) is 27.8. The van der Waals surface area contributed by atoms with Crippen molar-refractivity contribution in [3.05, 3.63) is 0 Å². The zero-order valence-electron chi connectivity index (χ0n) is 32.4. The topological polar surface area (TPSA) is 76.1 Å². The van der Waals surface area contributed by atoms with E-state index in [2.05, 4.69) is 18.7 Å². The Morgan fingerprint density at radius 2 is 0.787 bits per heavy atom. The van der Waals surface area contributed by atoms with E-state index in [0.29, 0.717) is 13.2 Å². The summed E-state index contributed by atoms with van der Waals surface area (Å²) in [5.74, 6) is -0.104. The van der Waals surface area contributed by atoms with Crippen LogP contribution in [0.15, 0.2) is 0 Å². The third-order valence-electron chi connectivity index (χ3n) is 9.75. The van der Waals surface area contributed by atoms with Crippen LogP contribution < -0.4 is 0 Å². The van der Waals surface area contributed by atoms with Gasteiger partial charge in [-0.1, -0.05) is 129 Å². The number of hydrogen-bond donors (Lipinski definition) is 1. The summed E-state index contributed by atoms with van der Waals surface area (Å²) < 4.78 is 11.3. The molecule has 0 atom stereocenters. The van der Waals surface area contributed by atoms with E-state index < -0.39 is 10.8 Å². The van der Waals surface area contributed by atoms with Crippen molar-refractivity contribution >= 4 is 11.9 Å². The Hall–Kier alpha value is -1.14. The summed E-state index contributed by atoms with van der Waals surface area (Å²) in [7, 11) is 0. The van der Waals surface area contributed by atoms with Gasteiger partial charge in [0.2, 0.25) is 0 Å². The van der Waals surface area contributed by atoms with E-state index >= 15 is 0 Å². The lowest BCUT2D eigenvalue weighted by Crippen LogP contribution is -2.29. The monoisotopic (exact) mass is 668 g/mol. The number of esters is 2. The lowest BCUT2D eigenvalue weighted by molar-refractivity contribution is -0.155. The van der Waals surface area contributed by atoms with Gasteiger partial charge in [0.25, 0.3) is 0 Å². The first-order chi connectivity index (χ1) is 22.6. The minimum absolute atomic E-state index is 0.0473. The summed E-state index contributed by atoms with van der Waals surface area (Å²) in [5, 5.41) is 9.39. The number of carbonyl (C=O) groups excluding carboxylic acids is 2. The number of hydrogen-bond acceptors (Lipinski definition) is 6. The Balaban J connectivity index is 4.09. The van der Waals surface area contributed by atoms with Crippen LogP contribution in [0.4, 0.5) is 0 Å². The molecule has 0 amide bonds. The number of aliphatic hydroxyl groups excluding tert-OH is 1. The predicted octanol–water partition coefficient (Wildman–Crippen LogP) is 11.2. The van der Waals surface area contributed by atoms with Crippen molar-refractivity contribution in [2.45, 2.75) is 202 Å². The average Bonchev–Trinajstić information content (AvgIpc) is 3.04. The van der Waals surface area contributed by atoms with Crippen LogP contribution >= 0.6 is 0 Å². The lowest BCUT2D eigenvalue weighted by Gasteiger charge is -2.25. The Bertz CT molecular complexity index is 723. The Morgan fingerprint density at radius 3 is 1.21 bits per heavy atom. The van der Waals surface area contributed by atoms with E-state index in [-0.39, 0.29) is 18.5 Å². The summed E-state index contributed by atoms with van der Waals surface area (Å²) >= 11 is 0. The molecule has 0 bridgehead atoms. The molecule has 0 rings (SSSR count). The number of ether oxygens (including phenoxy) is 2. The van der Waals surface area contributed by atoms with E-state index in [1.807, 2.05) is 27.7 Å². The second kappa shape index (κ2) is 30.9. The first kappa shape index (κ1) is 45.9. The molecule has 280 valence electrons. The van der Waals surface area contributed by atoms with E-state index in [1.165, 1.54) is 77.0 Å². The fourth-order valence-electron chi connectivity index (χ4n) is 6.18. The number of aliphatic hydroxyl groups is 1. The number of rotatable bonds is 35. The molecule has 0 heterocycles. The highest BCUT2D eigenvalue weighted by Gasteiger charge is 2.29. The van der Waals surface area contributed by atoms with Gasteiger partial charge in [-0.2, -0.15) is 0 Å². The smallest absolute Gasteiger partial charge is 0.311 e. The van der Waals surface area contributed by atoms with E-state index in [4.69, 9.17) is 9.47 Å². The van der Waals surface area contributed by atoms with Gasteiger partial charge in [0, 0.05) is 13.2 Å². The van der Waals surface area contributed by atoms with Crippen molar-refractivity contribution in [1.29, 1.82) is 0 Å². The summed E-state index contributed by atoms with van der Waals surface area (Å²) in [5.41, 5.74) is -0.856. The van der Waals surface area contributed by atoms with Crippen LogP contribution in [0.2, 0.25) is 0 Å². The van der Waals surface area contributed by atoms with Crippen LogP contribution in [-0.4, -0.2) is 61.4 Å². The Morgan fingerprint density at radius 1 is 0.468 bits per heavy atom. The highest BCUT2D eigenvalue weighted by Crippen LogP contribution is 2.27. The second-order valence-corrected chi connectivity index (χ2v) is 15.5. The van der Waals surface area contributed by atoms with Crippen molar-refractivity contribution in [2.75, 3.05) is 39.5 Å². The largest absolute Gasteiger partial charge is 0.465 e. The first-order valence-corrected chi connectivity index (χ1v) is 20.3. The molecule has 0 aliphatic carbocycles. The molecule has 47 heavy (non-hydrogen) atoms. The van der Waals surface area contributed by atoms with Crippen LogP contribution in [0.1, 0.15) is 202 Å². The molecule has 0 unspecified atom stereocenters. The standard InChI is InChI=1S/C41H81NO5/c1-7-9-11-13-15-16-18-22-28-37-47-39(45)41(5,6)31-24-26-33-42(34-29-35-43)32-25-20-19-23-30-40(3,4)38(44)46-36-27-21-17-14-12-10-8-2/h43H,7-37H2,1-6H3. The fourth-order valence-corrected chi connectivity index (χ4v) is 6.18. The molecular formula is C41H81NO5. The van der Waals surface area contributed by atoms with Crippen molar-refractivity contribution in [3.8, 4) is 0 Å². The zero-order chi connectivity index (χ0) is 35.1. The van der Waals surface area contributed by atoms with Gasteiger partial charge in [0.1, 0.15) is 0 Å². The van der Waals surface area contributed by atoms with E-state index in [0.717, 1.165) is 103 Å². The normalized spacial score (nSPS) is 12.2. The van der Waals surface area contributed by atoms with Crippen LogP contribution in [0.5, 0.6) is 0 Å². The van der Waals surface area contributed by atoms with Crippen molar-refractivity contribution in [2.24, 2.45) is 10.8 Å². The molecule has 6 heteroatoms. The molecule has 0 spiro atoms. The van der Waals surface area contributed by atoms with Crippen molar-refractivity contribution in [3.63, 3.8) is 0 Å². The molecule has 6 nitrogen and oxygen atoms in total. The average molecular weight is 668 g/mol. The summed E-state index contributed by atoms with van der Waals surface area (Å²) in [6.07, 6.45) is 29.0. The van der Waals surface area contributed by atoms with Gasteiger partial charge in [-0.15, -0.1) is 0 Å². The third kappa shape index (κ3) is 27.4. The molecule has 0 aromatic rings. The van der Waals surface area contributed by atoms with Gasteiger partial charge in [0.15, 0.2) is 0 Å². The van der Waals surface area contributed by atoms with Gasteiger partial charge >= 0.3 is 11.9 Å². The number of nitrogens with zero attached hydrogens (tertiary/aromatic N) is 1. The molecule has 0 aliphatic heterocycles. The van der Waals surface area contributed by atoms with Gasteiger partial charge in [0.05, 0.1) is 24.0 Å². The maximum Gasteiger partial charge on any atom is 0.311 e. The Kier molecular flexibility index (Phi) is 30.1. The fraction of sp³-hybridized carbons (Fsp3) is 0.951. The molecule has 0 radical (unpaired) electrons. The molecule has 0 saturated carbocycles.